The molecule has 0 aliphatic carbocycles. The average Bonchev–Trinajstić information content (AvgIpc) is 3.73. The van der Waals surface area contributed by atoms with Gasteiger partial charge in [-0.2, -0.15) is 26.0 Å². The van der Waals surface area contributed by atoms with Crippen LogP contribution in [-0.2, 0) is 40.6 Å². The van der Waals surface area contributed by atoms with Crippen molar-refractivity contribution in [1.29, 1.82) is 0 Å². The molecule has 0 amide bonds. The Labute approximate surface area is 341 Å². The summed E-state index contributed by atoms with van der Waals surface area (Å²) in [6, 6.07) is 36.4. The summed E-state index contributed by atoms with van der Waals surface area (Å²) in [6.45, 7) is 35.4. The van der Waals surface area contributed by atoms with Gasteiger partial charge >= 0.3 is 30.2 Å². The summed E-state index contributed by atoms with van der Waals surface area (Å²) in [4.78, 5) is 0. The zero-order chi connectivity index (χ0) is 37.1. The first-order chi connectivity index (χ1) is 23.3. The van der Waals surface area contributed by atoms with Gasteiger partial charge in [0.15, 0.2) is 0 Å². The molecule has 0 N–H and O–H groups in total. The van der Waals surface area contributed by atoms with E-state index < -0.39 is 0 Å². The Kier molecular flexibility index (Phi) is 21.1. The van der Waals surface area contributed by atoms with E-state index >= 15 is 0 Å². The molecule has 0 spiro atoms. The molecule has 0 saturated heterocycles. The molecule has 0 atom stereocenters. The van der Waals surface area contributed by atoms with Gasteiger partial charge in [0, 0.05) is 0 Å². The van der Waals surface area contributed by atoms with Crippen LogP contribution in [-0.4, -0.2) is 6.88 Å². The van der Waals surface area contributed by atoms with Crippen molar-refractivity contribution in [3.05, 3.63) is 144 Å². The second kappa shape index (κ2) is 22.1. The molecule has 0 heterocycles. The SMILES string of the molecule is CCc1cc2c(-c3ccc(C(C)(C)C)cc3)ccc(C)c2[cH-]1.Cc1cc2c(-c3ccc(C(C)(C)C)cc3)ccc(C)c2[cH-]1.Cl.Cl.[CH2-]C.[CH2-]C.[Si]=[Zr]. The molecule has 6 rings (SSSR count). The minimum absolute atomic E-state index is 0. The monoisotopic (exact) mass is 812 g/mol. The van der Waals surface area contributed by atoms with Gasteiger partial charge < -0.3 is 13.8 Å². The number of benzene rings is 4. The third kappa shape index (κ3) is 12.4. The van der Waals surface area contributed by atoms with Gasteiger partial charge in [0.1, 0.15) is 0 Å². The first kappa shape index (κ1) is 48.8. The van der Waals surface area contributed by atoms with Crippen molar-refractivity contribution in [3.63, 3.8) is 0 Å². The van der Waals surface area contributed by atoms with Crippen LogP contribution < -0.4 is 0 Å². The molecule has 4 heteroatoms. The molecular weight excluding hydrogens is 755 g/mol. The van der Waals surface area contributed by atoms with Gasteiger partial charge in [-0.05, 0) is 39.5 Å². The van der Waals surface area contributed by atoms with Gasteiger partial charge in [0.05, 0.1) is 0 Å². The van der Waals surface area contributed by atoms with Crippen LogP contribution in [0.3, 0.4) is 0 Å². The van der Waals surface area contributed by atoms with E-state index in [9.17, 15) is 0 Å². The molecule has 0 saturated carbocycles. The molecule has 0 aliphatic rings. The topological polar surface area (TPSA) is 0 Å². The number of aryl methyl sites for hydroxylation is 4. The fraction of sp³-hybridized carbons (Fsp3) is 0.319. The zero-order valence-corrected chi connectivity index (χ0v) is 38.3. The number of rotatable bonds is 3. The molecule has 0 aliphatic heterocycles. The number of hydrogen-bond donors (Lipinski definition) is 0. The van der Waals surface area contributed by atoms with Crippen LogP contribution in [0.4, 0.5) is 0 Å². The molecule has 51 heavy (non-hydrogen) atoms. The third-order valence-corrected chi connectivity index (χ3v) is 8.95. The Morgan fingerprint density at radius 1 is 0.549 bits per heavy atom. The first-order valence-corrected chi connectivity index (χ1v) is 21.7. The van der Waals surface area contributed by atoms with Crippen molar-refractivity contribution < 1.29 is 23.3 Å². The molecule has 0 unspecified atom stereocenters. The molecule has 6 aromatic rings. The molecule has 2 radical (unpaired) electrons. The Morgan fingerprint density at radius 3 is 1.25 bits per heavy atom. The fourth-order valence-electron chi connectivity index (χ4n) is 6.10. The van der Waals surface area contributed by atoms with E-state index in [1.165, 1.54) is 101 Å². The van der Waals surface area contributed by atoms with Crippen molar-refractivity contribution in [1.82, 2.24) is 0 Å². The van der Waals surface area contributed by atoms with Gasteiger partial charge in [-0.1, -0.05) is 141 Å². The molecule has 274 valence electrons. The Bertz CT molecular complexity index is 1890. The van der Waals surface area contributed by atoms with Crippen molar-refractivity contribution >= 4 is 53.2 Å². The number of hydrogen-bond acceptors (Lipinski definition) is 0. The zero-order valence-electron chi connectivity index (χ0n) is 33.2. The van der Waals surface area contributed by atoms with E-state index in [1.54, 1.807) is 13.8 Å². The minimum atomic E-state index is 0. The van der Waals surface area contributed by atoms with Gasteiger partial charge in [-0.25, -0.2) is 0 Å². The third-order valence-electron chi connectivity index (χ3n) is 8.95. The molecular formula is C47H60Cl2SiZr-4. The summed E-state index contributed by atoms with van der Waals surface area (Å²) in [6.07, 6.45) is 1.09. The van der Waals surface area contributed by atoms with Crippen LogP contribution in [0.2, 0.25) is 0 Å². The second-order valence-corrected chi connectivity index (χ2v) is 14.4. The predicted octanol–water partition coefficient (Wildman–Crippen LogP) is 14.7. The Hall–Kier alpha value is -2.22. The number of halogens is 2. The Morgan fingerprint density at radius 2 is 0.902 bits per heavy atom. The molecule has 0 fully saturated rings. The van der Waals surface area contributed by atoms with Crippen molar-refractivity contribution in [2.75, 3.05) is 0 Å². The van der Waals surface area contributed by atoms with E-state index in [0.717, 1.165) is 6.42 Å². The van der Waals surface area contributed by atoms with Crippen LogP contribution in [0.5, 0.6) is 0 Å². The normalized spacial score (nSPS) is 10.5. The Balaban J connectivity index is 0.000000828. The molecule has 0 bridgehead atoms. The molecule has 0 aromatic heterocycles. The van der Waals surface area contributed by atoms with E-state index in [2.05, 4.69) is 187 Å². The van der Waals surface area contributed by atoms with Crippen LogP contribution in [0.15, 0.2) is 97.1 Å². The fourth-order valence-corrected chi connectivity index (χ4v) is 6.10. The summed E-state index contributed by atoms with van der Waals surface area (Å²) in [7, 11) is 0. The van der Waals surface area contributed by atoms with Crippen LogP contribution in [0.1, 0.15) is 95.7 Å². The average molecular weight is 815 g/mol. The van der Waals surface area contributed by atoms with Crippen LogP contribution in [0, 0.1) is 34.6 Å². The quantitative estimate of drug-likeness (QED) is 0.123. The van der Waals surface area contributed by atoms with Gasteiger partial charge in [0.2, 0.25) is 0 Å². The summed E-state index contributed by atoms with van der Waals surface area (Å²) in [5, 5.41) is 5.54. The molecule has 0 nitrogen and oxygen atoms in total. The van der Waals surface area contributed by atoms with Gasteiger partial charge in [-0.3, -0.25) is 0 Å². The summed E-state index contributed by atoms with van der Waals surface area (Å²) in [5.74, 6) is 0. The predicted molar refractivity (Wildman–Crippen MR) is 233 cm³/mol. The van der Waals surface area contributed by atoms with Crippen LogP contribution >= 0.6 is 24.8 Å². The van der Waals surface area contributed by atoms with Crippen molar-refractivity contribution in [3.8, 4) is 22.3 Å². The summed E-state index contributed by atoms with van der Waals surface area (Å²) >= 11 is 1.36. The van der Waals surface area contributed by atoms with E-state index in [0.29, 0.717) is 0 Å². The van der Waals surface area contributed by atoms with E-state index in [-0.39, 0.29) is 35.6 Å². The van der Waals surface area contributed by atoms with Crippen LogP contribution in [0.25, 0.3) is 43.8 Å². The van der Waals surface area contributed by atoms with Crippen molar-refractivity contribution in [2.24, 2.45) is 0 Å². The summed E-state index contributed by atoms with van der Waals surface area (Å²) in [5.41, 5.74) is 14.0. The second-order valence-electron chi connectivity index (χ2n) is 14.4. The van der Waals surface area contributed by atoms with Crippen molar-refractivity contribution in [2.45, 2.75) is 100 Å². The number of fused-ring (bicyclic) bond motifs is 2. The standard InChI is InChI=1S/C22H25.C21H23.2C2H5.2ClH.Si.Zr/c1-6-16-13-20-15(2)7-12-19(21(20)14-16)17-8-10-18(11-9-17)22(3,4)5;1-14-12-19-15(2)6-11-18(20(19)13-14)16-7-9-17(10-8-16)21(3,4)5;2*1-2;;;;/h7-14H,6H2,1-5H3;6-13H,1-5H3;2*1H2,2H3;2*1H;;/q4*-1;;;;. The maximum absolute atomic E-state index is 3.25. The van der Waals surface area contributed by atoms with Gasteiger partial charge in [0.25, 0.3) is 0 Å². The molecule has 6 aromatic carbocycles. The first-order valence-electron chi connectivity index (χ1n) is 17.5. The van der Waals surface area contributed by atoms with E-state index in [4.69, 9.17) is 0 Å². The summed E-state index contributed by atoms with van der Waals surface area (Å²) < 4.78 is 0. The van der Waals surface area contributed by atoms with E-state index in [1.807, 2.05) is 0 Å². The van der Waals surface area contributed by atoms with Gasteiger partial charge in [-0.15, -0.1) is 92.9 Å². The maximum atomic E-state index is 3.25.